The largest absolute Gasteiger partial charge is 0.489 e. The number of benzene rings is 3. The van der Waals surface area contributed by atoms with Crippen LogP contribution in [0.3, 0.4) is 0 Å². The van der Waals surface area contributed by atoms with Crippen molar-refractivity contribution in [3.05, 3.63) is 143 Å². The molecule has 41 heavy (non-hydrogen) atoms. The minimum atomic E-state index is -0.622. The van der Waals surface area contributed by atoms with Crippen LogP contribution in [0.25, 0.3) is 6.08 Å². The Hall–Kier alpha value is -4.01. The molecule has 0 saturated carbocycles. The number of carbonyl (C=O) groups is 1. The summed E-state index contributed by atoms with van der Waals surface area (Å²) in [7, 11) is 1.35. The topological polar surface area (TPSA) is 69.9 Å². The summed E-state index contributed by atoms with van der Waals surface area (Å²) in [4.78, 5) is 32.1. The van der Waals surface area contributed by atoms with Crippen molar-refractivity contribution in [3.63, 3.8) is 0 Å². The molecule has 208 valence electrons. The number of methoxy groups -OCH3 is 1. The van der Waals surface area contributed by atoms with Crippen molar-refractivity contribution in [2.45, 2.75) is 32.4 Å². The van der Waals surface area contributed by atoms with E-state index < -0.39 is 12.0 Å². The number of hydrogen-bond donors (Lipinski definition) is 0. The number of ether oxygens (including phenoxy) is 2. The molecule has 5 rings (SSSR count). The molecule has 0 N–H and O–H groups in total. The summed E-state index contributed by atoms with van der Waals surface area (Å²) in [6.07, 6.45) is 4.85. The lowest BCUT2D eigenvalue weighted by Gasteiger charge is -2.25. The molecule has 0 radical (unpaired) electrons. The molecule has 2 heterocycles. The summed E-state index contributed by atoms with van der Waals surface area (Å²) >= 11 is 4.77. The minimum absolute atomic E-state index is 0.208. The van der Waals surface area contributed by atoms with Crippen molar-refractivity contribution < 1.29 is 14.3 Å². The van der Waals surface area contributed by atoms with Gasteiger partial charge in [-0.25, -0.2) is 9.79 Å². The summed E-state index contributed by atoms with van der Waals surface area (Å²) in [5, 5.41) is 0. The van der Waals surface area contributed by atoms with Crippen LogP contribution in [-0.2, 0) is 22.6 Å². The quantitative estimate of drug-likeness (QED) is 0.172. The first kappa shape index (κ1) is 28.5. The first-order valence-electron chi connectivity index (χ1n) is 13.2. The molecule has 1 aromatic heterocycles. The summed E-state index contributed by atoms with van der Waals surface area (Å²) < 4.78 is 14.4. The fourth-order valence-corrected chi connectivity index (χ4v) is 6.14. The van der Waals surface area contributed by atoms with Gasteiger partial charge in [-0.1, -0.05) is 88.8 Å². The number of aromatic nitrogens is 1. The molecule has 0 bridgehead atoms. The van der Waals surface area contributed by atoms with E-state index in [4.69, 9.17) is 14.5 Å². The Kier molecular flexibility index (Phi) is 8.81. The van der Waals surface area contributed by atoms with E-state index in [0.717, 1.165) is 32.5 Å². The number of esters is 1. The van der Waals surface area contributed by atoms with Crippen LogP contribution in [0.2, 0.25) is 0 Å². The van der Waals surface area contributed by atoms with Crippen LogP contribution in [-0.4, -0.2) is 17.6 Å². The lowest BCUT2D eigenvalue weighted by atomic mass is 9.95. The number of carbonyl (C=O) groups excluding carboxylic acids is 1. The van der Waals surface area contributed by atoms with Crippen molar-refractivity contribution in [1.82, 2.24) is 4.57 Å². The first-order valence-corrected chi connectivity index (χ1v) is 14.8. The number of allylic oxidation sites excluding steroid dienone is 2. The molecule has 0 amide bonds. The monoisotopic (exact) mass is 628 g/mol. The predicted molar refractivity (Wildman–Crippen MR) is 166 cm³/mol. The number of hydrogen-bond acceptors (Lipinski definition) is 6. The maximum absolute atomic E-state index is 13.9. The summed E-state index contributed by atoms with van der Waals surface area (Å²) in [5.74, 6) is 0.285. The minimum Gasteiger partial charge on any atom is -0.489 e. The maximum Gasteiger partial charge on any atom is 0.338 e. The Morgan fingerprint density at radius 1 is 1.12 bits per heavy atom. The van der Waals surface area contributed by atoms with Crippen LogP contribution in [0.4, 0.5) is 0 Å². The maximum atomic E-state index is 13.9. The Morgan fingerprint density at radius 2 is 1.88 bits per heavy atom. The van der Waals surface area contributed by atoms with Crippen LogP contribution >= 0.6 is 27.3 Å². The van der Waals surface area contributed by atoms with Gasteiger partial charge in [0.25, 0.3) is 5.56 Å². The van der Waals surface area contributed by atoms with Gasteiger partial charge in [-0.05, 0) is 65.4 Å². The third kappa shape index (κ3) is 6.04. The second kappa shape index (κ2) is 12.7. The summed E-state index contributed by atoms with van der Waals surface area (Å²) in [6, 6.07) is 22.8. The molecule has 1 atom stereocenters. The van der Waals surface area contributed by atoms with Gasteiger partial charge in [-0.15, -0.1) is 6.58 Å². The second-order valence-corrected chi connectivity index (χ2v) is 11.4. The molecule has 0 saturated heterocycles. The molecule has 6 nitrogen and oxygen atoms in total. The number of rotatable bonds is 9. The molecule has 8 heteroatoms. The summed E-state index contributed by atoms with van der Waals surface area (Å²) in [6.45, 7) is 6.29. The zero-order chi connectivity index (χ0) is 28.9. The van der Waals surface area contributed by atoms with Crippen LogP contribution in [0.1, 0.15) is 41.6 Å². The zero-order valence-corrected chi connectivity index (χ0v) is 25.2. The lowest BCUT2D eigenvalue weighted by Crippen LogP contribution is -2.40. The molecule has 0 spiro atoms. The third-order valence-electron chi connectivity index (χ3n) is 6.82. The van der Waals surface area contributed by atoms with Gasteiger partial charge in [-0.2, -0.15) is 0 Å². The van der Waals surface area contributed by atoms with Crippen molar-refractivity contribution in [1.29, 1.82) is 0 Å². The van der Waals surface area contributed by atoms with Crippen molar-refractivity contribution in [3.8, 4) is 5.75 Å². The Labute approximate surface area is 250 Å². The Morgan fingerprint density at radius 3 is 2.56 bits per heavy atom. The molecule has 0 aliphatic carbocycles. The average Bonchev–Trinajstić information content (AvgIpc) is 3.30. The fraction of sp³-hybridized carbons (Fsp3) is 0.182. The zero-order valence-electron chi connectivity index (χ0n) is 22.8. The van der Waals surface area contributed by atoms with Crippen molar-refractivity contribution >= 4 is 39.3 Å². The summed E-state index contributed by atoms with van der Waals surface area (Å²) in [5.41, 5.74) is 4.53. The number of halogens is 1. The highest BCUT2D eigenvalue weighted by molar-refractivity contribution is 9.10. The number of thiazole rings is 1. The van der Waals surface area contributed by atoms with E-state index in [0.29, 0.717) is 40.1 Å². The predicted octanol–water partition coefficient (Wildman–Crippen LogP) is 5.87. The highest BCUT2D eigenvalue weighted by Gasteiger charge is 2.33. The molecule has 4 aromatic rings. The van der Waals surface area contributed by atoms with Crippen LogP contribution in [0.5, 0.6) is 5.75 Å². The average molecular weight is 630 g/mol. The molecule has 3 aromatic carbocycles. The van der Waals surface area contributed by atoms with E-state index >= 15 is 0 Å². The molecule has 1 aliphatic heterocycles. The van der Waals surface area contributed by atoms with Gasteiger partial charge in [0, 0.05) is 4.47 Å². The van der Waals surface area contributed by atoms with Crippen molar-refractivity contribution in [2.24, 2.45) is 4.99 Å². The van der Waals surface area contributed by atoms with E-state index in [2.05, 4.69) is 22.5 Å². The molecule has 0 unspecified atom stereocenters. The SMILES string of the molecule is C=CCc1cc(/C=c2\sc3n(c2=O)[C@H](c2ccccc2)C(C(=O)OC)=C(CC)N=3)ccc1OCc1ccc(Br)cc1. The second-order valence-electron chi connectivity index (χ2n) is 9.47. The normalized spacial score (nSPS) is 14.8. The van der Waals surface area contributed by atoms with Crippen LogP contribution in [0, 0.1) is 0 Å². The Bertz CT molecular complexity index is 1800. The van der Waals surface area contributed by atoms with Gasteiger partial charge >= 0.3 is 5.97 Å². The highest BCUT2D eigenvalue weighted by atomic mass is 79.9. The van der Waals surface area contributed by atoms with Gasteiger partial charge in [0.1, 0.15) is 12.4 Å². The molecular formula is C33H29BrN2O4S. The first-order chi connectivity index (χ1) is 19.9. The van der Waals surface area contributed by atoms with E-state index in [9.17, 15) is 9.59 Å². The van der Waals surface area contributed by atoms with E-state index in [-0.39, 0.29) is 5.56 Å². The molecule has 1 aliphatic rings. The van der Waals surface area contributed by atoms with Crippen LogP contribution < -0.4 is 19.6 Å². The molecule has 0 fully saturated rings. The third-order valence-corrected chi connectivity index (χ3v) is 8.33. The van der Waals surface area contributed by atoms with E-state index in [1.807, 2.05) is 91.9 Å². The van der Waals surface area contributed by atoms with E-state index in [1.165, 1.54) is 18.4 Å². The highest BCUT2D eigenvalue weighted by Crippen LogP contribution is 2.31. The van der Waals surface area contributed by atoms with Gasteiger partial charge in [0.15, 0.2) is 4.80 Å². The van der Waals surface area contributed by atoms with E-state index in [1.54, 1.807) is 4.57 Å². The lowest BCUT2D eigenvalue weighted by molar-refractivity contribution is -0.136. The van der Waals surface area contributed by atoms with Crippen molar-refractivity contribution in [2.75, 3.05) is 7.11 Å². The van der Waals surface area contributed by atoms with Gasteiger partial charge in [0.05, 0.1) is 29.0 Å². The Balaban J connectivity index is 1.56. The fourth-order valence-electron chi connectivity index (χ4n) is 4.85. The van der Waals surface area contributed by atoms with Gasteiger partial charge in [0.2, 0.25) is 0 Å². The number of fused-ring (bicyclic) bond motifs is 1. The number of nitrogens with zero attached hydrogens (tertiary/aromatic N) is 2. The van der Waals surface area contributed by atoms with Crippen LogP contribution in [0.15, 0.2) is 111 Å². The smallest absolute Gasteiger partial charge is 0.338 e. The van der Waals surface area contributed by atoms with Gasteiger partial charge < -0.3 is 9.47 Å². The standard InChI is InChI=1S/C33H29BrN2O4S/c1-4-9-24-18-22(14-17-27(24)40-20-21-12-15-25(34)16-13-21)19-28-31(37)36-30(23-10-7-6-8-11-23)29(32(38)39-3)26(5-2)35-33(36)41-28/h4,6-8,10-19,30H,1,5,9,20H2,2-3H3/b28-19-/t30-/m1/s1. The molecular weight excluding hydrogens is 600 g/mol. The van der Waals surface area contributed by atoms with Gasteiger partial charge in [-0.3, -0.25) is 9.36 Å².